The number of nitrogens with zero attached hydrogens (tertiary/aromatic N) is 4. The molecule has 0 bridgehead atoms. The lowest BCUT2D eigenvalue weighted by molar-refractivity contribution is 0.660. The summed E-state index contributed by atoms with van der Waals surface area (Å²) in [6.45, 7) is 9.46. The zero-order valence-corrected chi connectivity index (χ0v) is 79.3. The van der Waals surface area contributed by atoms with E-state index in [0.717, 1.165) is 11.4 Å². The van der Waals surface area contributed by atoms with Gasteiger partial charge in [-0.2, -0.15) is 0 Å². The van der Waals surface area contributed by atoms with Crippen LogP contribution >= 0.6 is 0 Å². The Hall–Kier alpha value is -18.0. The predicted octanol–water partition coefficient (Wildman–Crippen LogP) is 37.0. The summed E-state index contributed by atoms with van der Waals surface area (Å²) < 4.78 is 9.84. The normalized spacial score (nSPS) is 12.8. The van der Waals surface area contributed by atoms with Gasteiger partial charge in [-0.15, -0.1) is 0 Å². The molecular weight excluding hydrogens is 1710 g/mol. The number of hydrogen-bond donors (Lipinski definition) is 0. The Morgan fingerprint density at radius 2 is 0.324 bits per heavy atom. The second kappa shape index (κ2) is 33.5. The van der Waals surface area contributed by atoms with Crippen molar-refractivity contribution in [3.63, 3.8) is 0 Å². The van der Waals surface area contributed by atoms with Gasteiger partial charge in [-0.05, 0) is 326 Å². The Morgan fingerprint density at radius 1 is 0.120 bits per heavy atom. The molecule has 0 spiro atoms. The fourth-order valence-electron chi connectivity index (χ4n) is 23.5. The first kappa shape index (κ1) is 83.4. The van der Waals surface area contributed by atoms with Gasteiger partial charge in [-0.25, -0.2) is 0 Å². The Labute approximate surface area is 826 Å². The summed E-state index contributed by atoms with van der Waals surface area (Å²) in [5.74, 6) is 0. The first-order chi connectivity index (χ1) is 69.9. The molecule has 142 heavy (non-hydrogen) atoms. The van der Waals surface area contributed by atoms with Crippen molar-refractivity contribution in [3.05, 3.63) is 532 Å². The number of fused-ring (bicyclic) bond motifs is 18. The third-order valence-corrected chi connectivity index (χ3v) is 30.6. The minimum Gasteiger partial charge on any atom is -0.309 e. The summed E-state index contributed by atoms with van der Waals surface area (Å²) in [4.78, 5) is 0. The van der Waals surface area contributed by atoms with Crippen molar-refractivity contribution < 1.29 is 0 Å². The van der Waals surface area contributed by atoms with Gasteiger partial charge in [0, 0.05) is 76.7 Å². The van der Waals surface area contributed by atoms with Gasteiger partial charge in [0.15, 0.2) is 0 Å². The van der Waals surface area contributed by atoms with Crippen LogP contribution in [0.25, 0.3) is 243 Å². The van der Waals surface area contributed by atoms with Gasteiger partial charge < -0.3 is 18.3 Å². The average molecular weight is 1810 g/mol. The number of hydrogen-bond acceptors (Lipinski definition) is 0. The molecule has 0 amide bonds. The molecule has 0 fully saturated rings. The molecule has 2 aliphatic rings. The monoisotopic (exact) mass is 1810 g/mol. The Morgan fingerprint density at radius 3 is 0.620 bits per heavy atom. The molecule has 0 saturated carbocycles. The highest BCUT2D eigenvalue weighted by Crippen LogP contribution is 2.54. The summed E-state index contributed by atoms with van der Waals surface area (Å²) >= 11 is 0. The maximum atomic E-state index is 2.48. The SMILES string of the molecule is CC1(C)c2ccccc2-c2ccc(-n3c4ccc(-c5ccccc5)cc4c4cc(-c5ccc6c(c5)c5ccccc5n6-c5cccc(-c6cc(-c7ccccc7)cc(-c7ccccc7)c6)c5)ccc43)cc21.CC1(C)c2ccccc2-c2ccc(-n3c4ccccc4c4cc(-c5ccc6c(c5)c5cc(-c7ccccc7)ccc5n6-c5cccc(-c6cc(-c7ccccc7)cc(-c7ccccc7)c6)c5)ccc43)cc21. The molecule has 668 valence electrons. The van der Waals surface area contributed by atoms with Crippen LogP contribution in [0.5, 0.6) is 0 Å². The summed E-state index contributed by atoms with van der Waals surface area (Å²) in [5.41, 5.74) is 48.9. The van der Waals surface area contributed by atoms with Crippen molar-refractivity contribution in [2.45, 2.75) is 38.5 Å². The highest BCUT2D eigenvalue weighted by atomic mass is 15.0. The smallest absolute Gasteiger partial charge is 0.0541 e. The topological polar surface area (TPSA) is 19.7 Å². The molecule has 4 heteroatoms. The van der Waals surface area contributed by atoms with Crippen molar-refractivity contribution in [2.75, 3.05) is 0 Å². The fourth-order valence-corrected chi connectivity index (χ4v) is 23.5. The molecule has 0 unspecified atom stereocenters. The average Bonchev–Trinajstić information content (AvgIpc) is 1.57. The molecule has 0 aliphatic heterocycles. The maximum Gasteiger partial charge on any atom is 0.0541 e. The molecule has 28 rings (SSSR count). The largest absolute Gasteiger partial charge is 0.309 e. The van der Waals surface area contributed by atoms with E-state index < -0.39 is 0 Å². The van der Waals surface area contributed by atoms with Crippen LogP contribution in [0.4, 0.5) is 0 Å². The van der Waals surface area contributed by atoms with E-state index in [1.165, 1.54) is 254 Å². The maximum absolute atomic E-state index is 2.48. The van der Waals surface area contributed by atoms with E-state index in [-0.39, 0.29) is 10.8 Å². The molecule has 2 aliphatic carbocycles. The third-order valence-electron chi connectivity index (χ3n) is 30.6. The molecule has 0 N–H and O–H groups in total. The molecule has 0 saturated heterocycles. The molecule has 0 atom stereocenters. The minimum atomic E-state index is -0.0972. The number of aromatic nitrogens is 4. The number of rotatable bonds is 14. The quantitative estimate of drug-likeness (QED) is 0.103. The van der Waals surface area contributed by atoms with E-state index >= 15 is 0 Å². The Bertz CT molecular complexity index is 9440. The van der Waals surface area contributed by atoms with Crippen LogP contribution < -0.4 is 0 Å². The highest BCUT2D eigenvalue weighted by Gasteiger charge is 2.38. The van der Waals surface area contributed by atoms with Gasteiger partial charge in [0.25, 0.3) is 0 Å². The summed E-state index contributed by atoms with van der Waals surface area (Å²) in [7, 11) is 0. The molecule has 22 aromatic carbocycles. The van der Waals surface area contributed by atoms with Gasteiger partial charge >= 0.3 is 0 Å². The van der Waals surface area contributed by atoms with Crippen molar-refractivity contribution >= 4 is 87.2 Å². The van der Waals surface area contributed by atoms with Crippen molar-refractivity contribution in [1.29, 1.82) is 0 Å². The van der Waals surface area contributed by atoms with Crippen LogP contribution in [0.15, 0.2) is 510 Å². The lowest BCUT2D eigenvalue weighted by Gasteiger charge is -2.22. The summed E-state index contributed by atoms with van der Waals surface area (Å²) in [6.07, 6.45) is 0. The second-order valence-corrected chi connectivity index (χ2v) is 39.5. The van der Waals surface area contributed by atoms with Crippen LogP contribution in [-0.2, 0) is 10.8 Å². The predicted molar refractivity (Wildman–Crippen MR) is 600 cm³/mol. The Kier molecular flexibility index (Phi) is 19.7. The summed E-state index contributed by atoms with van der Waals surface area (Å²) in [6, 6.07) is 188. The van der Waals surface area contributed by atoms with E-state index in [0.29, 0.717) is 0 Å². The van der Waals surface area contributed by atoms with E-state index in [2.05, 4.69) is 556 Å². The molecule has 4 nitrogen and oxygen atoms in total. The highest BCUT2D eigenvalue weighted by molar-refractivity contribution is 6.16. The zero-order chi connectivity index (χ0) is 94.4. The van der Waals surface area contributed by atoms with Crippen LogP contribution in [0, 0.1) is 0 Å². The molecule has 0 radical (unpaired) electrons. The van der Waals surface area contributed by atoms with E-state index in [4.69, 9.17) is 0 Å². The first-order valence-corrected chi connectivity index (χ1v) is 49.5. The second-order valence-electron chi connectivity index (χ2n) is 39.5. The zero-order valence-electron chi connectivity index (χ0n) is 79.3. The van der Waals surface area contributed by atoms with Gasteiger partial charge in [-0.1, -0.05) is 367 Å². The van der Waals surface area contributed by atoms with Crippen LogP contribution in [0.1, 0.15) is 49.9 Å². The minimum absolute atomic E-state index is 0.0820. The summed E-state index contributed by atoms with van der Waals surface area (Å²) in [5, 5.41) is 9.91. The molecular formula is C138H96N4. The molecule has 4 aromatic heterocycles. The Balaban J connectivity index is 0.000000142. The molecule has 4 heterocycles. The van der Waals surface area contributed by atoms with Crippen LogP contribution in [-0.4, -0.2) is 18.3 Å². The van der Waals surface area contributed by atoms with Crippen LogP contribution in [0.3, 0.4) is 0 Å². The number of para-hydroxylation sites is 2. The molecule has 26 aromatic rings. The lowest BCUT2D eigenvalue weighted by Crippen LogP contribution is -2.15. The standard InChI is InChI=1S/2C69H48N2/c1-69(2)63-27-14-12-25-57(63)58-33-32-56(44-64(58)69)71-65-28-15-13-26-59(65)60-42-50(30-35-66(60)71)51-31-36-68-62(43-51)61-41-49(45-17-6-3-7-18-45)29-34-67(61)70(68)55-24-16-23-48(40-55)54-38-52(46-19-8-4-9-20-46)37-53(39-54)47-21-10-5-11-22-47;1-69(2)63-27-14-12-25-57(63)58-33-32-56(44-64(58)69)71-67-34-29-49(45-17-6-3-7-18-45)41-61(67)62-43-51(31-36-68(62)71)50-30-35-66-60(42-50)59-26-13-15-28-65(59)70(66)55-24-16-23-48(40-55)54-38-52(46-19-8-4-9-20-46)37-53(39-54)47-21-10-5-11-22-47/h2*3-44H,1-2H3. The van der Waals surface area contributed by atoms with E-state index in [1.54, 1.807) is 0 Å². The number of benzene rings is 22. The lowest BCUT2D eigenvalue weighted by atomic mass is 9.82. The van der Waals surface area contributed by atoms with Gasteiger partial charge in [0.05, 0.1) is 44.1 Å². The third kappa shape index (κ3) is 13.9. The first-order valence-electron chi connectivity index (χ1n) is 49.5. The van der Waals surface area contributed by atoms with Crippen LogP contribution in [0.2, 0.25) is 0 Å². The van der Waals surface area contributed by atoms with Gasteiger partial charge in [-0.3, -0.25) is 0 Å². The fraction of sp³-hybridized carbons (Fsp3) is 0.0435. The van der Waals surface area contributed by atoms with E-state index in [9.17, 15) is 0 Å². The van der Waals surface area contributed by atoms with Gasteiger partial charge in [0.2, 0.25) is 0 Å². The van der Waals surface area contributed by atoms with Gasteiger partial charge in [0.1, 0.15) is 0 Å². The van der Waals surface area contributed by atoms with Crippen molar-refractivity contribution in [3.8, 4) is 156 Å². The van der Waals surface area contributed by atoms with E-state index in [1.807, 2.05) is 0 Å². The van der Waals surface area contributed by atoms with Crippen molar-refractivity contribution in [2.24, 2.45) is 0 Å². The van der Waals surface area contributed by atoms with Crippen molar-refractivity contribution in [1.82, 2.24) is 18.3 Å².